The molecule has 0 bridgehead atoms. The molecule has 1 aliphatic rings. The summed E-state index contributed by atoms with van der Waals surface area (Å²) in [4.78, 5) is 35.2. The standard InChI is InChI=1S/C23H23N5O2S/c1-14-17(13-27(26-14)12-16-7-4-3-5-8-16)20-11-18-21(31-20)23(30)25-22(24-18)19-9-6-10-28(19)15(2)29/h3-5,7-8,11,13,19H,6,9-10,12H2,1-2H3,(H,24,25,30). The van der Waals surface area contributed by atoms with E-state index < -0.39 is 0 Å². The summed E-state index contributed by atoms with van der Waals surface area (Å²) in [5, 5.41) is 4.66. The molecular formula is C23H23N5O2S. The molecular weight excluding hydrogens is 410 g/mol. The Hall–Kier alpha value is -3.26. The maximum Gasteiger partial charge on any atom is 0.268 e. The molecule has 4 heterocycles. The van der Waals surface area contributed by atoms with E-state index in [0.29, 0.717) is 29.1 Å². The number of carbonyl (C=O) groups is 1. The van der Waals surface area contributed by atoms with Crippen molar-refractivity contribution in [3.8, 4) is 10.4 Å². The molecule has 0 radical (unpaired) electrons. The van der Waals surface area contributed by atoms with Crippen LogP contribution in [0.15, 0.2) is 47.4 Å². The predicted octanol–water partition coefficient (Wildman–Crippen LogP) is 3.89. The number of rotatable bonds is 4. The average Bonchev–Trinajstić information content (AvgIpc) is 3.46. The van der Waals surface area contributed by atoms with Gasteiger partial charge in [0.1, 0.15) is 10.5 Å². The molecule has 0 spiro atoms. The van der Waals surface area contributed by atoms with Crippen molar-refractivity contribution in [3.63, 3.8) is 0 Å². The van der Waals surface area contributed by atoms with Gasteiger partial charge >= 0.3 is 0 Å². The quantitative estimate of drug-likeness (QED) is 0.529. The second-order valence-corrected chi connectivity index (χ2v) is 9.01. The summed E-state index contributed by atoms with van der Waals surface area (Å²) >= 11 is 1.43. The Morgan fingerprint density at radius 2 is 2.10 bits per heavy atom. The Labute approximate surface area is 183 Å². The van der Waals surface area contributed by atoms with Gasteiger partial charge in [-0.1, -0.05) is 30.3 Å². The maximum atomic E-state index is 12.8. The first kappa shape index (κ1) is 19.7. The van der Waals surface area contributed by atoms with Gasteiger partial charge in [0, 0.05) is 30.1 Å². The van der Waals surface area contributed by atoms with E-state index in [1.807, 2.05) is 42.1 Å². The molecule has 1 aromatic carbocycles. The zero-order valence-corrected chi connectivity index (χ0v) is 18.3. The summed E-state index contributed by atoms with van der Waals surface area (Å²) in [7, 11) is 0. The van der Waals surface area contributed by atoms with E-state index in [9.17, 15) is 9.59 Å². The number of benzene rings is 1. The zero-order chi connectivity index (χ0) is 21.5. The summed E-state index contributed by atoms with van der Waals surface area (Å²) < 4.78 is 2.53. The Morgan fingerprint density at radius 3 is 2.87 bits per heavy atom. The Morgan fingerprint density at radius 1 is 1.29 bits per heavy atom. The molecule has 31 heavy (non-hydrogen) atoms. The van der Waals surface area contributed by atoms with Crippen LogP contribution in [0, 0.1) is 6.92 Å². The number of carbonyl (C=O) groups excluding carboxylic acids is 1. The van der Waals surface area contributed by atoms with Crippen molar-refractivity contribution in [2.75, 3.05) is 6.54 Å². The highest BCUT2D eigenvalue weighted by atomic mass is 32.1. The lowest BCUT2D eigenvalue weighted by molar-refractivity contribution is -0.129. The van der Waals surface area contributed by atoms with Crippen LogP contribution in [0.2, 0.25) is 0 Å². The molecule has 1 amide bonds. The fraction of sp³-hybridized carbons (Fsp3) is 0.304. The summed E-state index contributed by atoms with van der Waals surface area (Å²) in [6.45, 7) is 4.94. The third-order valence-corrected chi connectivity index (χ3v) is 6.93. The second-order valence-electron chi connectivity index (χ2n) is 7.96. The average molecular weight is 434 g/mol. The first-order chi connectivity index (χ1) is 15.0. The van der Waals surface area contributed by atoms with Crippen molar-refractivity contribution in [3.05, 3.63) is 70.0 Å². The number of hydrogen-bond donors (Lipinski definition) is 1. The van der Waals surface area contributed by atoms with Gasteiger partial charge < -0.3 is 9.88 Å². The Balaban J connectivity index is 1.50. The van der Waals surface area contributed by atoms with Gasteiger partial charge in [0.15, 0.2) is 0 Å². The van der Waals surface area contributed by atoms with Gasteiger partial charge in [-0.05, 0) is 31.4 Å². The molecule has 5 rings (SSSR count). The summed E-state index contributed by atoms with van der Waals surface area (Å²) in [6, 6.07) is 12.0. The third kappa shape index (κ3) is 3.67. The molecule has 3 aromatic heterocycles. The number of aromatic amines is 1. The molecule has 1 atom stereocenters. The normalized spacial score (nSPS) is 16.3. The highest BCUT2D eigenvalue weighted by Gasteiger charge is 2.30. The molecule has 8 heteroatoms. The molecule has 1 fully saturated rings. The van der Waals surface area contributed by atoms with Gasteiger partial charge in [0.25, 0.3) is 5.56 Å². The summed E-state index contributed by atoms with van der Waals surface area (Å²) in [6.07, 6.45) is 3.76. The fourth-order valence-corrected chi connectivity index (χ4v) is 5.34. The van der Waals surface area contributed by atoms with E-state index in [2.05, 4.69) is 22.2 Å². The van der Waals surface area contributed by atoms with Gasteiger partial charge in [-0.3, -0.25) is 14.3 Å². The first-order valence-electron chi connectivity index (χ1n) is 10.4. The molecule has 7 nitrogen and oxygen atoms in total. The van der Waals surface area contributed by atoms with Crippen molar-refractivity contribution in [2.45, 2.75) is 39.3 Å². The molecule has 0 aliphatic carbocycles. The number of aryl methyl sites for hydroxylation is 1. The number of nitrogens with one attached hydrogen (secondary N) is 1. The number of hydrogen-bond acceptors (Lipinski definition) is 5. The highest BCUT2D eigenvalue weighted by Crippen LogP contribution is 2.35. The predicted molar refractivity (Wildman–Crippen MR) is 121 cm³/mol. The van der Waals surface area contributed by atoms with E-state index in [4.69, 9.17) is 4.98 Å². The number of fused-ring (bicyclic) bond motifs is 1. The largest absolute Gasteiger partial charge is 0.333 e. The number of H-pyrrole nitrogens is 1. The van der Waals surface area contributed by atoms with Crippen LogP contribution in [0.5, 0.6) is 0 Å². The highest BCUT2D eigenvalue weighted by molar-refractivity contribution is 7.22. The molecule has 1 N–H and O–H groups in total. The van der Waals surface area contributed by atoms with Crippen molar-refractivity contribution in [1.82, 2.24) is 24.6 Å². The second kappa shape index (κ2) is 7.77. The number of likely N-dealkylation sites (tertiary alicyclic amines) is 1. The summed E-state index contributed by atoms with van der Waals surface area (Å²) in [5.41, 5.74) is 3.62. The van der Waals surface area contributed by atoms with Crippen LogP contribution in [0.4, 0.5) is 0 Å². The topological polar surface area (TPSA) is 83.9 Å². The van der Waals surface area contributed by atoms with Crippen LogP contribution in [0.3, 0.4) is 0 Å². The van der Waals surface area contributed by atoms with E-state index in [1.165, 1.54) is 16.9 Å². The van der Waals surface area contributed by atoms with Gasteiger partial charge in [-0.15, -0.1) is 11.3 Å². The van der Waals surface area contributed by atoms with Crippen molar-refractivity contribution >= 4 is 27.5 Å². The van der Waals surface area contributed by atoms with E-state index in [1.54, 1.807) is 11.8 Å². The monoisotopic (exact) mass is 433 g/mol. The molecule has 158 valence electrons. The van der Waals surface area contributed by atoms with Gasteiger partial charge in [0.05, 0.1) is 23.8 Å². The first-order valence-corrected chi connectivity index (χ1v) is 11.2. The molecule has 4 aromatic rings. The van der Waals surface area contributed by atoms with Crippen LogP contribution in [0.1, 0.15) is 42.9 Å². The van der Waals surface area contributed by atoms with Gasteiger partial charge in [-0.25, -0.2) is 4.98 Å². The minimum atomic E-state index is -0.159. The van der Waals surface area contributed by atoms with Gasteiger partial charge in [0.2, 0.25) is 5.91 Å². The lowest BCUT2D eigenvalue weighted by Crippen LogP contribution is -2.30. The molecule has 1 unspecified atom stereocenters. The summed E-state index contributed by atoms with van der Waals surface area (Å²) in [5.74, 6) is 0.587. The lowest BCUT2D eigenvalue weighted by Gasteiger charge is -2.22. The zero-order valence-electron chi connectivity index (χ0n) is 17.5. The van der Waals surface area contributed by atoms with Crippen LogP contribution in [-0.4, -0.2) is 37.1 Å². The molecule has 0 saturated carbocycles. The van der Waals surface area contributed by atoms with E-state index >= 15 is 0 Å². The number of aromatic nitrogens is 4. The smallest absolute Gasteiger partial charge is 0.268 e. The SMILES string of the molecule is CC(=O)N1CCCC1c1nc2cc(-c3cn(Cc4ccccc4)nc3C)sc2c(=O)[nH]1. The van der Waals surface area contributed by atoms with Crippen LogP contribution < -0.4 is 5.56 Å². The minimum Gasteiger partial charge on any atom is -0.333 e. The number of nitrogens with zero attached hydrogens (tertiary/aromatic N) is 4. The number of thiophene rings is 1. The van der Waals surface area contributed by atoms with Crippen LogP contribution in [-0.2, 0) is 11.3 Å². The molecule has 1 saturated heterocycles. The number of amides is 1. The lowest BCUT2D eigenvalue weighted by atomic mass is 10.2. The van der Waals surface area contributed by atoms with Crippen molar-refractivity contribution in [1.29, 1.82) is 0 Å². The maximum absolute atomic E-state index is 12.8. The van der Waals surface area contributed by atoms with E-state index in [-0.39, 0.29) is 17.5 Å². The fourth-order valence-electron chi connectivity index (χ4n) is 4.29. The van der Waals surface area contributed by atoms with Crippen LogP contribution in [0.25, 0.3) is 20.7 Å². The molecule has 1 aliphatic heterocycles. The minimum absolute atomic E-state index is 0.0118. The Bertz CT molecular complexity index is 1320. The Kier molecular flexibility index (Phi) is 4.94. The van der Waals surface area contributed by atoms with Gasteiger partial charge in [-0.2, -0.15) is 5.10 Å². The van der Waals surface area contributed by atoms with Crippen molar-refractivity contribution in [2.24, 2.45) is 0 Å². The van der Waals surface area contributed by atoms with Crippen LogP contribution >= 0.6 is 11.3 Å². The third-order valence-electron chi connectivity index (χ3n) is 5.77. The van der Waals surface area contributed by atoms with Crippen molar-refractivity contribution < 1.29 is 4.79 Å². The van der Waals surface area contributed by atoms with E-state index in [0.717, 1.165) is 29.0 Å².